The van der Waals surface area contributed by atoms with Gasteiger partial charge in [-0.05, 0) is 35.9 Å². The smallest absolute Gasteiger partial charge is 0.163 e. The number of methoxy groups -OCH3 is 2. The Labute approximate surface area is 144 Å². The Balaban J connectivity index is 1.88. The number of rotatable bonds is 4. The van der Waals surface area contributed by atoms with E-state index in [1.807, 2.05) is 47.1 Å². The van der Waals surface area contributed by atoms with Crippen LogP contribution in [0.15, 0.2) is 61.2 Å². The lowest BCUT2D eigenvalue weighted by Crippen LogP contribution is -1.96. The van der Waals surface area contributed by atoms with Crippen molar-refractivity contribution in [2.45, 2.75) is 0 Å². The lowest BCUT2D eigenvalue weighted by molar-refractivity contribution is 0.355. The molecule has 0 radical (unpaired) electrons. The van der Waals surface area contributed by atoms with Gasteiger partial charge in [0, 0.05) is 29.7 Å². The van der Waals surface area contributed by atoms with Gasteiger partial charge in [-0.15, -0.1) is 0 Å². The molecule has 6 heteroatoms. The van der Waals surface area contributed by atoms with Gasteiger partial charge in [0.1, 0.15) is 0 Å². The molecule has 0 fully saturated rings. The van der Waals surface area contributed by atoms with E-state index in [2.05, 4.69) is 15.1 Å². The van der Waals surface area contributed by atoms with E-state index in [9.17, 15) is 0 Å². The van der Waals surface area contributed by atoms with E-state index in [0.717, 1.165) is 28.0 Å². The van der Waals surface area contributed by atoms with Gasteiger partial charge < -0.3 is 9.47 Å². The maximum Gasteiger partial charge on any atom is 0.163 e. The number of hydrogen-bond acceptors (Lipinski definition) is 5. The first-order chi connectivity index (χ1) is 12.3. The highest BCUT2D eigenvalue weighted by atomic mass is 16.5. The molecule has 6 nitrogen and oxygen atoms in total. The fourth-order valence-corrected chi connectivity index (χ4v) is 2.84. The molecule has 0 spiro atoms. The van der Waals surface area contributed by atoms with Crippen molar-refractivity contribution in [3.8, 4) is 33.9 Å². The van der Waals surface area contributed by atoms with Gasteiger partial charge in [0.15, 0.2) is 17.1 Å². The number of benzene rings is 1. The maximum absolute atomic E-state index is 5.40. The molecule has 4 aromatic rings. The number of nitrogens with zero attached hydrogens (tertiary/aromatic N) is 4. The standard InChI is InChI=1S/C19H16N4O2/c1-24-17-4-3-14(11-18(17)25-2)15-12-22-23-16(7-10-21-19(15)23)13-5-8-20-9-6-13/h3-12H,1-2H3. The highest BCUT2D eigenvalue weighted by molar-refractivity contribution is 5.80. The molecule has 1 aromatic carbocycles. The summed E-state index contributed by atoms with van der Waals surface area (Å²) >= 11 is 0. The minimum absolute atomic E-state index is 0.671. The zero-order valence-corrected chi connectivity index (χ0v) is 13.9. The summed E-state index contributed by atoms with van der Waals surface area (Å²) in [6, 6.07) is 11.6. The van der Waals surface area contributed by atoms with Crippen LogP contribution in [0.4, 0.5) is 0 Å². The lowest BCUT2D eigenvalue weighted by atomic mass is 10.1. The Morgan fingerprint density at radius 2 is 1.64 bits per heavy atom. The molecule has 25 heavy (non-hydrogen) atoms. The van der Waals surface area contributed by atoms with Gasteiger partial charge in [-0.25, -0.2) is 9.50 Å². The summed E-state index contributed by atoms with van der Waals surface area (Å²) in [6.07, 6.45) is 7.13. The van der Waals surface area contributed by atoms with Crippen molar-refractivity contribution in [3.05, 3.63) is 61.2 Å². The predicted octanol–water partition coefficient (Wildman–Crippen LogP) is 3.48. The first-order valence-corrected chi connectivity index (χ1v) is 7.77. The highest BCUT2D eigenvalue weighted by Crippen LogP contribution is 2.34. The molecule has 0 saturated carbocycles. The summed E-state index contributed by atoms with van der Waals surface area (Å²) in [5.41, 5.74) is 4.66. The maximum atomic E-state index is 5.40. The largest absolute Gasteiger partial charge is 0.493 e. The molecule has 0 aliphatic carbocycles. The van der Waals surface area contributed by atoms with Crippen LogP contribution in [0.5, 0.6) is 11.5 Å². The molecule has 0 aliphatic heterocycles. The number of pyridine rings is 1. The van der Waals surface area contributed by atoms with Crippen LogP contribution in [0.3, 0.4) is 0 Å². The van der Waals surface area contributed by atoms with Crippen LogP contribution < -0.4 is 9.47 Å². The van der Waals surface area contributed by atoms with Crippen molar-refractivity contribution >= 4 is 5.65 Å². The third kappa shape index (κ3) is 2.57. The van der Waals surface area contributed by atoms with E-state index < -0.39 is 0 Å². The first-order valence-electron chi connectivity index (χ1n) is 7.77. The highest BCUT2D eigenvalue weighted by Gasteiger charge is 2.13. The molecule has 0 amide bonds. The van der Waals surface area contributed by atoms with Crippen LogP contribution in [0.1, 0.15) is 0 Å². The van der Waals surface area contributed by atoms with Gasteiger partial charge in [-0.1, -0.05) is 6.07 Å². The van der Waals surface area contributed by atoms with Gasteiger partial charge >= 0.3 is 0 Å². The summed E-state index contributed by atoms with van der Waals surface area (Å²) in [5, 5.41) is 4.53. The second kappa shape index (κ2) is 6.24. The lowest BCUT2D eigenvalue weighted by Gasteiger charge is -2.09. The molecule has 3 aromatic heterocycles. The second-order valence-electron chi connectivity index (χ2n) is 5.43. The number of hydrogen-bond donors (Lipinski definition) is 0. The number of fused-ring (bicyclic) bond motifs is 1. The minimum atomic E-state index is 0.671. The van der Waals surface area contributed by atoms with Crippen molar-refractivity contribution in [3.63, 3.8) is 0 Å². The average molecular weight is 332 g/mol. The normalized spacial score (nSPS) is 10.8. The zero-order chi connectivity index (χ0) is 17.2. The van der Waals surface area contributed by atoms with Crippen LogP contribution in [-0.2, 0) is 0 Å². The van der Waals surface area contributed by atoms with Crippen molar-refractivity contribution < 1.29 is 9.47 Å². The fourth-order valence-electron chi connectivity index (χ4n) is 2.84. The molecular weight excluding hydrogens is 316 g/mol. The van der Waals surface area contributed by atoms with E-state index in [1.54, 1.807) is 32.8 Å². The van der Waals surface area contributed by atoms with Crippen LogP contribution >= 0.6 is 0 Å². The summed E-state index contributed by atoms with van der Waals surface area (Å²) in [6.45, 7) is 0. The first kappa shape index (κ1) is 15.1. The van der Waals surface area contributed by atoms with Crippen LogP contribution in [0.25, 0.3) is 28.0 Å². The van der Waals surface area contributed by atoms with Gasteiger partial charge in [0.05, 0.1) is 26.1 Å². The molecule has 0 N–H and O–H groups in total. The van der Waals surface area contributed by atoms with Crippen LogP contribution in [-0.4, -0.2) is 33.8 Å². The molecule has 4 rings (SSSR count). The predicted molar refractivity (Wildman–Crippen MR) is 94.8 cm³/mol. The van der Waals surface area contributed by atoms with Crippen molar-refractivity contribution in [1.29, 1.82) is 0 Å². The Morgan fingerprint density at radius 1 is 0.840 bits per heavy atom. The third-order valence-electron chi connectivity index (χ3n) is 4.07. The molecular formula is C19H16N4O2. The number of aromatic nitrogens is 4. The van der Waals surface area contributed by atoms with Crippen molar-refractivity contribution in [2.24, 2.45) is 0 Å². The van der Waals surface area contributed by atoms with Gasteiger partial charge in [0.25, 0.3) is 0 Å². The second-order valence-corrected chi connectivity index (χ2v) is 5.43. The third-order valence-corrected chi connectivity index (χ3v) is 4.07. The Hall–Kier alpha value is -3.41. The van der Waals surface area contributed by atoms with Crippen LogP contribution in [0, 0.1) is 0 Å². The molecule has 0 saturated heterocycles. The quantitative estimate of drug-likeness (QED) is 0.572. The summed E-state index contributed by atoms with van der Waals surface area (Å²) in [7, 11) is 3.24. The molecule has 0 aliphatic rings. The Bertz CT molecular complexity index is 1030. The van der Waals surface area contributed by atoms with E-state index in [1.165, 1.54) is 0 Å². The SMILES string of the molecule is COc1ccc(-c2cnn3c(-c4ccncc4)ccnc23)cc1OC. The van der Waals surface area contributed by atoms with Gasteiger partial charge in [-0.2, -0.15) is 5.10 Å². The van der Waals surface area contributed by atoms with Crippen molar-refractivity contribution in [2.75, 3.05) is 14.2 Å². The van der Waals surface area contributed by atoms with Crippen molar-refractivity contribution in [1.82, 2.24) is 19.6 Å². The number of ether oxygens (including phenoxy) is 2. The zero-order valence-electron chi connectivity index (χ0n) is 13.9. The Morgan fingerprint density at radius 3 is 2.40 bits per heavy atom. The summed E-state index contributed by atoms with van der Waals surface area (Å²) in [4.78, 5) is 8.58. The Kier molecular flexibility index (Phi) is 3.78. The van der Waals surface area contributed by atoms with Crippen LogP contribution in [0.2, 0.25) is 0 Å². The molecule has 3 heterocycles. The minimum Gasteiger partial charge on any atom is -0.493 e. The average Bonchev–Trinajstić information content (AvgIpc) is 3.12. The molecule has 124 valence electrons. The van der Waals surface area contributed by atoms with E-state index >= 15 is 0 Å². The molecule has 0 bridgehead atoms. The molecule has 0 atom stereocenters. The molecule has 0 unspecified atom stereocenters. The monoisotopic (exact) mass is 332 g/mol. The van der Waals surface area contributed by atoms with E-state index in [0.29, 0.717) is 11.5 Å². The summed E-state index contributed by atoms with van der Waals surface area (Å²) in [5.74, 6) is 1.36. The fraction of sp³-hybridized carbons (Fsp3) is 0.105. The topological polar surface area (TPSA) is 61.5 Å². The summed E-state index contributed by atoms with van der Waals surface area (Å²) < 4.78 is 12.5. The van der Waals surface area contributed by atoms with E-state index in [4.69, 9.17) is 9.47 Å². The van der Waals surface area contributed by atoms with Gasteiger partial charge in [0.2, 0.25) is 0 Å². The van der Waals surface area contributed by atoms with Gasteiger partial charge in [-0.3, -0.25) is 4.98 Å². The van der Waals surface area contributed by atoms with E-state index in [-0.39, 0.29) is 0 Å².